The van der Waals surface area contributed by atoms with Crippen molar-refractivity contribution in [3.05, 3.63) is 30.1 Å². The molecule has 1 aromatic heterocycles. The van der Waals surface area contributed by atoms with Crippen LogP contribution in [0.4, 0.5) is 0 Å². The molecule has 0 saturated carbocycles. The third-order valence-electron chi connectivity index (χ3n) is 5.59. The Morgan fingerprint density at radius 1 is 1.17 bits per heavy atom. The Labute approximate surface area is 137 Å². The van der Waals surface area contributed by atoms with E-state index < -0.39 is 0 Å². The maximum atomic E-state index is 12.6. The van der Waals surface area contributed by atoms with Gasteiger partial charge in [0.2, 0.25) is 0 Å². The van der Waals surface area contributed by atoms with Crippen molar-refractivity contribution in [2.45, 2.75) is 25.4 Å². The van der Waals surface area contributed by atoms with E-state index in [-0.39, 0.29) is 5.91 Å². The summed E-state index contributed by atoms with van der Waals surface area (Å²) in [5, 5.41) is 0. The number of carbonyl (C=O) groups excluding carboxylic acids is 1. The van der Waals surface area contributed by atoms with E-state index in [9.17, 15) is 4.79 Å². The van der Waals surface area contributed by atoms with Gasteiger partial charge in [-0.25, -0.2) is 0 Å². The SMILES string of the molecule is O=C(c1ccncc1)N1C[C@H]2CCN(CC3CCCO3)C[C@H]2C1. The molecule has 1 unspecified atom stereocenters. The number of amides is 1. The summed E-state index contributed by atoms with van der Waals surface area (Å²) >= 11 is 0. The molecule has 3 aliphatic heterocycles. The maximum Gasteiger partial charge on any atom is 0.253 e. The summed E-state index contributed by atoms with van der Waals surface area (Å²) in [4.78, 5) is 21.2. The third-order valence-corrected chi connectivity index (χ3v) is 5.59. The van der Waals surface area contributed by atoms with Crippen molar-refractivity contribution in [2.24, 2.45) is 11.8 Å². The Balaban J connectivity index is 1.35. The number of nitrogens with zero attached hydrogens (tertiary/aromatic N) is 3. The van der Waals surface area contributed by atoms with E-state index in [2.05, 4.69) is 9.88 Å². The first-order valence-electron chi connectivity index (χ1n) is 8.83. The number of likely N-dealkylation sites (tertiary alicyclic amines) is 2. The van der Waals surface area contributed by atoms with Crippen molar-refractivity contribution in [3.63, 3.8) is 0 Å². The molecule has 0 aliphatic carbocycles. The van der Waals surface area contributed by atoms with Gasteiger partial charge in [-0.15, -0.1) is 0 Å². The van der Waals surface area contributed by atoms with Crippen LogP contribution in [0.1, 0.15) is 29.6 Å². The predicted molar refractivity (Wildman–Crippen MR) is 87.2 cm³/mol. The zero-order valence-electron chi connectivity index (χ0n) is 13.6. The van der Waals surface area contributed by atoms with E-state index >= 15 is 0 Å². The first-order valence-corrected chi connectivity index (χ1v) is 8.83. The van der Waals surface area contributed by atoms with E-state index in [0.29, 0.717) is 17.9 Å². The van der Waals surface area contributed by atoms with Gasteiger partial charge in [0.05, 0.1) is 6.10 Å². The second-order valence-electron chi connectivity index (χ2n) is 7.15. The highest BCUT2D eigenvalue weighted by atomic mass is 16.5. The molecule has 0 N–H and O–H groups in total. The van der Waals surface area contributed by atoms with Crippen molar-refractivity contribution in [3.8, 4) is 0 Å². The number of aromatic nitrogens is 1. The van der Waals surface area contributed by atoms with Crippen molar-refractivity contribution in [1.29, 1.82) is 0 Å². The van der Waals surface area contributed by atoms with Crippen LogP contribution >= 0.6 is 0 Å². The van der Waals surface area contributed by atoms with Crippen LogP contribution in [0.5, 0.6) is 0 Å². The quantitative estimate of drug-likeness (QED) is 0.851. The Morgan fingerprint density at radius 3 is 2.78 bits per heavy atom. The summed E-state index contributed by atoms with van der Waals surface area (Å²) in [6, 6.07) is 3.63. The molecular weight excluding hydrogens is 290 g/mol. The molecule has 0 bridgehead atoms. The van der Waals surface area contributed by atoms with Gasteiger partial charge in [0.1, 0.15) is 0 Å². The highest BCUT2D eigenvalue weighted by Gasteiger charge is 2.39. The molecule has 3 atom stereocenters. The lowest BCUT2D eigenvalue weighted by atomic mass is 9.88. The highest BCUT2D eigenvalue weighted by Crippen LogP contribution is 2.32. The number of piperidine rings is 1. The van der Waals surface area contributed by atoms with E-state index in [1.165, 1.54) is 19.3 Å². The van der Waals surface area contributed by atoms with Gasteiger partial charge in [0.25, 0.3) is 5.91 Å². The Kier molecular flexibility index (Phi) is 4.31. The number of pyridine rings is 1. The summed E-state index contributed by atoms with van der Waals surface area (Å²) in [6.45, 7) is 6.08. The first-order chi connectivity index (χ1) is 11.3. The molecule has 3 saturated heterocycles. The van der Waals surface area contributed by atoms with Gasteiger partial charge in [-0.2, -0.15) is 0 Å². The maximum absolute atomic E-state index is 12.6. The minimum absolute atomic E-state index is 0.160. The molecule has 0 aromatic carbocycles. The van der Waals surface area contributed by atoms with E-state index in [1.54, 1.807) is 12.4 Å². The molecule has 3 fully saturated rings. The summed E-state index contributed by atoms with van der Waals surface area (Å²) in [7, 11) is 0. The van der Waals surface area contributed by atoms with Crippen LogP contribution in [0, 0.1) is 11.8 Å². The Hall–Kier alpha value is -1.46. The Morgan fingerprint density at radius 2 is 2.00 bits per heavy atom. The van der Waals surface area contributed by atoms with Gasteiger partial charge in [0.15, 0.2) is 0 Å². The molecule has 5 nitrogen and oxygen atoms in total. The van der Waals surface area contributed by atoms with Gasteiger partial charge < -0.3 is 14.5 Å². The monoisotopic (exact) mass is 315 g/mol. The zero-order chi connectivity index (χ0) is 15.6. The van der Waals surface area contributed by atoms with Crippen LogP contribution < -0.4 is 0 Å². The zero-order valence-corrected chi connectivity index (χ0v) is 13.6. The molecule has 3 aliphatic rings. The Bertz CT molecular complexity index is 544. The summed E-state index contributed by atoms with van der Waals surface area (Å²) in [5.74, 6) is 1.45. The fourth-order valence-electron chi connectivity index (χ4n) is 4.33. The van der Waals surface area contributed by atoms with Crippen LogP contribution in [0.2, 0.25) is 0 Å². The molecule has 5 heteroatoms. The molecule has 0 radical (unpaired) electrons. The molecule has 1 aromatic rings. The van der Waals surface area contributed by atoms with Crippen molar-refractivity contribution in [1.82, 2.24) is 14.8 Å². The van der Waals surface area contributed by atoms with Crippen LogP contribution in [0.3, 0.4) is 0 Å². The summed E-state index contributed by atoms with van der Waals surface area (Å²) < 4.78 is 5.77. The minimum atomic E-state index is 0.160. The predicted octanol–water partition coefficient (Wildman–Crippen LogP) is 1.65. The van der Waals surface area contributed by atoms with E-state index in [1.807, 2.05) is 17.0 Å². The van der Waals surface area contributed by atoms with E-state index in [4.69, 9.17) is 4.74 Å². The normalized spacial score (nSPS) is 31.3. The highest BCUT2D eigenvalue weighted by molar-refractivity contribution is 5.94. The molecule has 23 heavy (non-hydrogen) atoms. The molecule has 4 rings (SSSR count). The number of fused-ring (bicyclic) bond motifs is 1. The van der Waals surface area contributed by atoms with Crippen molar-refractivity contribution >= 4 is 5.91 Å². The third kappa shape index (κ3) is 3.26. The fourth-order valence-corrected chi connectivity index (χ4v) is 4.33. The lowest BCUT2D eigenvalue weighted by Gasteiger charge is -2.35. The largest absolute Gasteiger partial charge is 0.377 e. The van der Waals surface area contributed by atoms with Gasteiger partial charge in [-0.3, -0.25) is 9.78 Å². The topological polar surface area (TPSA) is 45.7 Å². The number of ether oxygens (including phenoxy) is 1. The summed E-state index contributed by atoms with van der Waals surface area (Å²) in [5.41, 5.74) is 0.759. The number of hydrogen-bond acceptors (Lipinski definition) is 4. The molecule has 1 amide bonds. The van der Waals surface area contributed by atoms with Crippen LogP contribution in [-0.2, 0) is 4.74 Å². The molecular formula is C18H25N3O2. The molecule has 0 spiro atoms. The first kappa shape index (κ1) is 15.1. The van der Waals surface area contributed by atoms with Crippen molar-refractivity contribution < 1.29 is 9.53 Å². The number of rotatable bonds is 3. The standard InChI is InChI=1S/C18H25N3O2/c22-18(14-3-6-19-7-4-14)21-11-15-5-8-20(10-16(15)12-21)13-17-2-1-9-23-17/h3-4,6-7,15-17H,1-2,5,8-13H2/t15-,16+,17?/m1/s1. The average Bonchev–Trinajstić information content (AvgIpc) is 3.24. The van der Waals surface area contributed by atoms with Crippen LogP contribution in [-0.4, -0.2) is 66.1 Å². The van der Waals surface area contributed by atoms with Crippen molar-refractivity contribution in [2.75, 3.05) is 39.3 Å². The van der Waals surface area contributed by atoms with Gasteiger partial charge >= 0.3 is 0 Å². The second kappa shape index (κ2) is 6.57. The average molecular weight is 315 g/mol. The molecule has 124 valence electrons. The minimum Gasteiger partial charge on any atom is -0.377 e. The second-order valence-corrected chi connectivity index (χ2v) is 7.15. The van der Waals surface area contributed by atoms with Crippen LogP contribution in [0.25, 0.3) is 0 Å². The van der Waals surface area contributed by atoms with E-state index in [0.717, 1.165) is 44.9 Å². The smallest absolute Gasteiger partial charge is 0.253 e. The lowest BCUT2D eigenvalue weighted by Crippen LogP contribution is -2.43. The van der Waals surface area contributed by atoms with Crippen LogP contribution in [0.15, 0.2) is 24.5 Å². The lowest BCUT2D eigenvalue weighted by molar-refractivity contribution is 0.0506. The summed E-state index contributed by atoms with van der Waals surface area (Å²) in [6.07, 6.45) is 7.44. The van der Waals surface area contributed by atoms with Gasteiger partial charge in [-0.1, -0.05) is 0 Å². The van der Waals surface area contributed by atoms with Gasteiger partial charge in [0, 0.05) is 50.7 Å². The number of carbonyl (C=O) groups is 1. The van der Waals surface area contributed by atoms with Gasteiger partial charge in [-0.05, 0) is 49.8 Å². The number of hydrogen-bond donors (Lipinski definition) is 0. The molecule has 4 heterocycles. The fraction of sp³-hybridized carbons (Fsp3) is 0.667.